The van der Waals surface area contributed by atoms with Crippen molar-refractivity contribution in [1.82, 2.24) is 10.6 Å². The van der Waals surface area contributed by atoms with Crippen molar-refractivity contribution in [2.45, 2.75) is 6.42 Å². The van der Waals surface area contributed by atoms with Crippen LogP contribution in [-0.2, 0) is 6.42 Å². The molecule has 0 radical (unpaired) electrons. The Labute approximate surface area is 142 Å². The van der Waals surface area contributed by atoms with Crippen LogP contribution in [0.1, 0.15) is 5.56 Å². The summed E-state index contributed by atoms with van der Waals surface area (Å²) in [4.78, 5) is 4.13. The van der Waals surface area contributed by atoms with Crippen molar-refractivity contribution in [3.05, 3.63) is 36.4 Å². The minimum absolute atomic E-state index is 0. The van der Waals surface area contributed by atoms with Crippen LogP contribution in [0.15, 0.2) is 35.8 Å². The lowest BCUT2D eigenvalue weighted by molar-refractivity contribution is 0.171. The highest BCUT2D eigenvalue weighted by Gasteiger charge is 2.11. The van der Waals surface area contributed by atoms with Gasteiger partial charge in [-0.1, -0.05) is 12.1 Å². The minimum Gasteiger partial charge on any atom is -0.486 e. The van der Waals surface area contributed by atoms with Crippen LogP contribution < -0.4 is 20.1 Å². The van der Waals surface area contributed by atoms with Crippen molar-refractivity contribution in [2.75, 3.05) is 33.4 Å². The van der Waals surface area contributed by atoms with Gasteiger partial charge in [-0.05, 0) is 24.1 Å². The van der Waals surface area contributed by atoms with Crippen LogP contribution in [0.25, 0.3) is 0 Å². The standard InChI is InChI=1S/C15H21N3O2.HI/c1-3-7-17-15(16-2)18-8-6-12-4-5-13-14(11-12)20-10-9-19-13;/h3-5,11H,1,6-10H2,2H3,(H2,16,17,18);1H. The van der Waals surface area contributed by atoms with Gasteiger partial charge in [0.15, 0.2) is 17.5 Å². The molecule has 1 aliphatic heterocycles. The van der Waals surface area contributed by atoms with Gasteiger partial charge >= 0.3 is 0 Å². The van der Waals surface area contributed by atoms with Gasteiger partial charge in [0, 0.05) is 20.1 Å². The zero-order valence-electron chi connectivity index (χ0n) is 12.2. The molecule has 0 bridgehead atoms. The lowest BCUT2D eigenvalue weighted by Gasteiger charge is -2.19. The van der Waals surface area contributed by atoms with Crippen molar-refractivity contribution in [2.24, 2.45) is 4.99 Å². The number of nitrogens with one attached hydrogen (secondary N) is 2. The molecule has 1 aliphatic rings. The lowest BCUT2D eigenvalue weighted by Crippen LogP contribution is -2.38. The summed E-state index contributed by atoms with van der Waals surface area (Å²) in [6.07, 6.45) is 2.69. The van der Waals surface area contributed by atoms with Crippen LogP contribution in [-0.4, -0.2) is 39.3 Å². The predicted octanol–water partition coefficient (Wildman–Crippen LogP) is 1.97. The van der Waals surface area contributed by atoms with Crippen molar-refractivity contribution >= 4 is 29.9 Å². The summed E-state index contributed by atoms with van der Waals surface area (Å²) in [6.45, 7) is 6.41. The first-order valence-corrected chi connectivity index (χ1v) is 6.77. The van der Waals surface area contributed by atoms with E-state index in [-0.39, 0.29) is 24.0 Å². The fourth-order valence-corrected chi connectivity index (χ4v) is 1.96. The maximum atomic E-state index is 5.57. The number of nitrogens with zero attached hydrogens (tertiary/aromatic N) is 1. The lowest BCUT2D eigenvalue weighted by atomic mass is 10.1. The Morgan fingerprint density at radius 1 is 1.29 bits per heavy atom. The van der Waals surface area contributed by atoms with Crippen LogP contribution in [0.2, 0.25) is 0 Å². The topological polar surface area (TPSA) is 54.9 Å². The van der Waals surface area contributed by atoms with Gasteiger partial charge in [0.05, 0.1) is 0 Å². The fourth-order valence-electron chi connectivity index (χ4n) is 1.96. The molecule has 0 atom stereocenters. The molecular formula is C15H22IN3O2. The number of aliphatic imine (C=N–C) groups is 1. The van der Waals surface area contributed by atoms with Crippen LogP contribution >= 0.6 is 24.0 Å². The molecule has 1 aromatic carbocycles. The summed E-state index contributed by atoms with van der Waals surface area (Å²) in [6, 6.07) is 6.07. The summed E-state index contributed by atoms with van der Waals surface area (Å²) in [5.74, 6) is 2.45. The van der Waals surface area contributed by atoms with Gasteiger partial charge in [-0.15, -0.1) is 30.6 Å². The van der Waals surface area contributed by atoms with Crippen molar-refractivity contribution in [3.8, 4) is 11.5 Å². The number of halogens is 1. The molecule has 1 aromatic rings. The summed E-state index contributed by atoms with van der Waals surface area (Å²) < 4.78 is 11.1. The summed E-state index contributed by atoms with van der Waals surface area (Å²) in [5.41, 5.74) is 1.21. The van der Waals surface area contributed by atoms with Crippen LogP contribution in [0.5, 0.6) is 11.5 Å². The second-order valence-corrected chi connectivity index (χ2v) is 4.40. The van der Waals surface area contributed by atoms with Gasteiger partial charge in [0.1, 0.15) is 13.2 Å². The number of fused-ring (bicyclic) bond motifs is 1. The van der Waals surface area contributed by atoms with Crippen LogP contribution in [0.3, 0.4) is 0 Å². The first kappa shape index (κ1) is 17.6. The van der Waals surface area contributed by atoms with E-state index >= 15 is 0 Å². The van der Waals surface area contributed by atoms with E-state index in [2.05, 4.69) is 28.3 Å². The molecule has 0 spiro atoms. The largest absolute Gasteiger partial charge is 0.486 e. The Hall–Kier alpha value is -1.44. The second-order valence-electron chi connectivity index (χ2n) is 4.40. The number of ether oxygens (including phenoxy) is 2. The summed E-state index contributed by atoms with van der Waals surface area (Å²) in [5, 5.41) is 6.38. The van der Waals surface area contributed by atoms with Gasteiger partial charge in [0.2, 0.25) is 0 Å². The number of rotatable bonds is 5. The number of benzene rings is 1. The smallest absolute Gasteiger partial charge is 0.191 e. The average Bonchev–Trinajstić information content (AvgIpc) is 2.50. The maximum absolute atomic E-state index is 5.57. The zero-order valence-corrected chi connectivity index (χ0v) is 14.6. The molecule has 0 aromatic heterocycles. The van der Waals surface area contributed by atoms with E-state index in [0.717, 1.165) is 30.4 Å². The number of guanidine groups is 1. The van der Waals surface area contributed by atoms with Gasteiger partial charge in [-0.3, -0.25) is 4.99 Å². The third kappa shape index (κ3) is 5.45. The molecule has 21 heavy (non-hydrogen) atoms. The molecule has 0 fully saturated rings. The first-order valence-electron chi connectivity index (χ1n) is 6.77. The van der Waals surface area contributed by atoms with E-state index in [1.54, 1.807) is 13.1 Å². The molecule has 0 unspecified atom stereocenters. The predicted molar refractivity (Wildman–Crippen MR) is 96.1 cm³/mol. The zero-order chi connectivity index (χ0) is 14.2. The van der Waals surface area contributed by atoms with Crippen molar-refractivity contribution in [3.63, 3.8) is 0 Å². The monoisotopic (exact) mass is 403 g/mol. The highest BCUT2D eigenvalue weighted by atomic mass is 127. The Morgan fingerprint density at radius 2 is 2.05 bits per heavy atom. The molecule has 0 saturated heterocycles. The molecule has 6 heteroatoms. The molecule has 116 valence electrons. The second kappa shape index (κ2) is 9.49. The van der Waals surface area contributed by atoms with Gasteiger partial charge in [0.25, 0.3) is 0 Å². The SMILES string of the molecule is C=CCNC(=NC)NCCc1ccc2c(c1)OCCO2.I. The van der Waals surface area contributed by atoms with E-state index in [0.29, 0.717) is 19.8 Å². The third-order valence-corrected chi connectivity index (χ3v) is 2.95. The molecule has 0 aliphatic carbocycles. The quantitative estimate of drug-likeness (QED) is 0.342. The highest BCUT2D eigenvalue weighted by molar-refractivity contribution is 14.0. The number of hydrogen-bond acceptors (Lipinski definition) is 3. The highest BCUT2D eigenvalue weighted by Crippen LogP contribution is 2.30. The molecule has 5 nitrogen and oxygen atoms in total. The van der Waals surface area contributed by atoms with Gasteiger partial charge in [-0.2, -0.15) is 0 Å². The van der Waals surface area contributed by atoms with E-state index in [1.807, 2.05) is 12.1 Å². The normalized spacial score (nSPS) is 13.1. The van der Waals surface area contributed by atoms with Gasteiger partial charge in [-0.25, -0.2) is 0 Å². The van der Waals surface area contributed by atoms with E-state index in [1.165, 1.54) is 5.56 Å². The van der Waals surface area contributed by atoms with Crippen LogP contribution in [0.4, 0.5) is 0 Å². The Kier molecular flexibility index (Phi) is 7.96. The average molecular weight is 403 g/mol. The Morgan fingerprint density at radius 3 is 2.76 bits per heavy atom. The Bertz CT molecular complexity index is 492. The molecule has 2 rings (SSSR count). The first-order chi connectivity index (χ1) is 9.83. The van der Waals surface area contributed by atoms with Crippen molar-refractivity contribution < 1.29 is 9.47 Å². The maximum Gasteiger partial charge on any atom is 0.191 e. The van der Waals surface area contributed by atoms with Crippen molar-refractivity contribution in [1.29, 1.82) is 0 Å². The summed E-state index contributed by atoms with van der Waals surface area (Å²) in [7, 11) is 1.75. The molecule has 1 heterocycles. The fraction of sp³-hybridized carbons (Fsp3) is 0.400. The molecule has 0 amide bonds. The molecule has 2 N–H and O–H groups in total. The molecule has 0 saturated carbocycles. The summed E-state index contributed by atoms with van der Waals surface area (Å²) >= 11 is 0. The third-order valence-electron chi connectivity index (χ3n) is 2.95. The number of hydrogen-bond donors (Lipinski definition) is 2. The van der Waals surface area contributed by atoms with E-state index in [4.69, 9.17) is 9.47 Å². The minimum atomic E-state index is 0. The molecular weight excluding hydrogens is 381 g/mol. The van der Waals surface area contributed by atoms with Gasteiger partial charge < -0.3 is 20.1 Å². The Balaban J connectivity index is 0.00000220. The van der Waals surface area contributed by atoms with Crippen LogP contribution in [0, 0.1) is 0 Å². The van der Waals surface area contributed by atoms with E-state index in [9.17, 15) is 0 Å². The van der Waals surface area contributed by atoms with E-state index < -0.39 is 0 Å².